The number of nitrogens with zero attached hydrogens (tertiary/aromatic N) is 3. The lowest BCUT2D eigenvalue weighted by molar-refractivity contribution is 0.0302. The molecular formula is C21H26N4O3. The number of benzene rings is 1. The minimum Gasteiger partial charge on any atom is -0.378 e. The first-order valence-corrected chi connectivity index (χ1v) is 9.60. The molecule has 1 aliphatic rings. The van der Waals surface area contributed by atoms with Gasteiger partial charge in [0, 0.05) is 49.9 Å². The van der Waals surface area contributed by atoms with Gasteiger partial charge in [0.1, 0.15) is 0 Å². The molecule has 0 unspecified atom stereocenters. The fourth-order valence-electron chi connectivity index (χ4n) is 3.18. The molecule has 0 aliphatic carbocycles. The van der Waals surface area contributed by atoms with Crippen LogP contribution < -0.4 is 10.2 Å². The molecule has 2 amide bonds. The van der Waals surface area contributed by atoms with Crippen LogP contribution in [0.5, 0.6) is 0 Å². The fraction of sp³-hybridized carbons (Fsp3) is 0.381. The van der Waals surface area contributed by atoms with Gasteiger partial charge in [-0.05, 0) is 44.2 Å². The van der Waals surface area contributed by atoms with Gasteiger partial charge in [0.15, 0.2) is 0 Å². The summed E-state index contributed by atoms with van der Waals surface area (Å²) in [4.78, 5) is 33.2. The summed E-state index contributed by atoms with van der Waals surface area (Å²) in [6.45, 7) is 8.23. The van der Waals surface area contributed by atoms with E-state index in [2.05, 4.69) is 29.0 Å². The first kappa shape index (κ1) is 19.8. The van der Waals surface area contributed by atoms with E-state index in [0.29, 0.717) is 43.1 Å². The molecule has 3 rings (SSSR count). The number of aromatic nitrogens is 1. The van der Waals surface area contributed by atoms with E-state index in [1.54, 1.807) is 11.0 Å². The maximum atomic E-state index is 12.6. The number of carbonyl (C=O) groups is 2. The van der Waals surface area contributed by atoms with Crippen molar-refractivity contribution in [3.63, 3.8) is 0 Å². The predicted molar refractivity (Wildman–Crippen MR) is 109 cm³/mol. The minimum absolute atomic E-state index is 0.131. The number of nitrogens with one attached hydrogen (secondary N) is 1. The van der Waals surface area contributed by atoms with E-state index in [1.165, 1.54) is 12.4 Å². The monoisotopic (exact) mass is 382 g/mol. The fourth-order valence-corrected chi connectivity index (χ4v) is 3.18. The van der Waals surface area contributed by atoms with Crippen LogP contribution in [0.3, 0.4) is 0 Å². The molecule has 0 saturated carbocycles. The van der Waals surface area contributed by atoms with Gasteiger partial charge < -0.3 is 19.9 Å². The molecule has 1 aromatic carbocycles. The molecule has 1 N–H and O–H groups in total. The van der Waals surface area contributed by atoms with Crippen molar-refractivity contribution in [2.75, 3.05) is 49.6 Å². The Balaban J connectivity index is 1.68. The number of carbonyl (C=O) groups excluding carboxylic acids is 2. The Labute approximate surface area is 165 Å². The highest BCUT2D eigenvalue weighted by Gasteiger charge is 2.20. The highest BCUT2D eigenvalue weighted by Crippen LogP contribution is 2.18. The molecule has 28 heavy (non-hydrogen) atoms. The Kier molecular flexibility index (Phi) is 6.60. The smallest absolute Gasteiger partial charge is 0.257 e. The zero-order valence-electron chi connectivity index (χ0n) is 16.4. The number of amides is 2. The van der Waals surface area contributed by atoms with Crippen molar-refractivity contribution in [2.45, 2.75) is 13.8 Å². The van der Waals surface area contributed by atoms with Crippen molar-refractivity contribution < 1.29 is 14.3 Å². The standard InChI is InChI=1S/C21H26N4O3/c1-3-24(4-2)19-7-5-18(6-8-19)23-20(26)16-13-17(15-22-14-16)21(27)25-9-11-28-12-10-25/h5-8,13-15H,3-4,9-12H2,1-2H3,(H,23,26). The SMILES string of the molecule is CCN(CC)c1ccc(NC(=O)c2cncc(C(=O)N3CCOCC3)c2)cc1. The van der Waals surface area contributed by atoms with Gasteiger partial charge in [0.25, 0.3) is 11.8 Å². The molecule has 2 heterocycles. The van der Waals surface area contributed by atoms with E-state index < -0.39 is 0 Å². The summed E-state index contributed by atoms with van der Waals surface area (Å²) < 4.78 is 5.27. The van der Waals surface area contributed by atoms with Gasteiger partial charge in [-0.15, -0.1) is 0 Å². The lowest BCUT2D eigenvalue weighted by Gasteiger charge is -2.26. The summed E-state index contributed by atoms with van der Waals surface area (Å²) in [5.41, 5.74) is 2.58. The Bertz CT molecular complexity index is 813. The molecule has 1 fully saturated rings. The van der Waals surface area contributed by atoms with E-state index in [4.69, 9.17) is 4.74 Å². The highest BCUT2D eigenvalue weighted by molar-refractivity contribution is 6.05. The van der Waals surface area contributed by atoms with E-state index in [1.807, 2.05) is 24.3 Å². The topological polar surface area (TPSA) is 74.8 Å². The summed E-state index contributed by atoms with van der Waals surface area (Å²) in [6.07, 6.45) is 2.96. The van der Waals surface area contributed by atoms with Crippen LogP contribution >= 0.6 is 0 Å². The Hall–Kier alpha value is -2.93. The second-order valence-electron chi connectivity index (χ2n) is 6.54. The van der Waals surface area contributed by atoms with E-state index >= 15 is 0 Å². The third-order valence-electron chi connectivity index (χ3n) is 4.80. The van der Waals surface area contributed by atoms with Crippen LogP contribution in [-0.4, -0.2) is 61.1 Å². The molecule has 0 radical (unpaired) electrons. The molecule has 1 aromatic heterocycles. The molecule has 7 nitrogen and oxygen atoms in total. The summed E-state index contributed by atoms with van der Waals surface area (Å²) in [6, 6.07) is 9.31. The van der Waals surface area contributed by atoms with E-state index in [9.17, 15) is 9.59 Å². The summed E-state index contributed by atoms with van der Waals surface area (Å²) in [7, 11) is 0. The third-order valence-corrected chi connectivity index (χ3v) is 4.80. The zero-order chi connectivity index (χ0) is 19.9. The molecule has 148 valence electrons. The molecular weight excluding hydrogens is 356 g/mol. The minimum atomic E-state index is -0.292. The molecule has 2 aromatic rings. The average Bonchev–Trinajstić information content (AvgIpc) is 2.76. The van der Waals surface area contributed by atoms with Crippen LogP contribution in [0.4, 0.5) is 11.4 Å². The molecule has 7 heteroatoms. The number of anilines is 2. The van der Waals surface area contributed by atoms with Crippen LogP contribution in [-0.2, 0) is 4.74 Å². The number of hydrogen-bond acceptors (Lipinski definition) is 5. The highest BCUT2D eigenvalue weighted by atomic mass is 16.5. The Morgan fingerprint density at radius 3 is 2.36 bits per heavy atom. The lowest BCUT2D eigenvalue weighted by atomic mass is 10.1. The number of hydrogen-bond donors (Lipinski definition) is 1. The van der Waals surface area contributed by atoms with Gasteiger partial charge in [-0.2, -0.15) is 0 Å². The zero-order valence-corrected chi connectivity index (χ0v) is 16.4. The molecule has 0 bridgehead atoms. The lowest BCUT2D eigenvalue weighted by Crippen LogP contribution is -2.40. The quantitative estimate of drug-likeness (QED) is 0.831. The summed E-state index contributed by atoms with van der Waals surface area (Å²) >= 11 is 0. The van der Waals surface area contributed by atoms with Crippen molar-refractivity contribution >= 4 is 23.2 Å². The number of ether oxygens (including phenoxy) is 1. The van der Waals surface area contributed by atoms with Gasteiger partial charge in [-0.25, -0.2) is 0 Å². The number of rotatable bonds is 6. The van der Waals surface area contributed by atoms with Gasteiger partial charge in [-0.3, -0.25) is 14.6 Å². The van der Waals surface area contributed by atoms with Crippen LogP contribution in [0.25, 0.3) is 0 Å². The Morgan fingerprint density at radius 2 is 1.71 bits per heavy atom. The van der Waals surface area contributed by atoms with Gasteiger partial charge in [0.2, 0.25) is 0 Å². The second kappa shape index (κ2) is 9.32. The van der Waals surface area contributed by atoms with Gasteiger partial charge >= 0.3 is 0 Å². The van der Waals surface area contributed by atoms with E-state index in [0.717, 1.165) is 18.8 Å². The molecule has 0 atom stereocenters. The van der Waals surface area contributed by atoms with Gasteiger partial charge in [0.05, 0.1) is 24.3 Å². The van der Waals surface area contributed by atoms with Crippen molar-refractivity contribution in [3.05, 3.63) is 53.9 Å². The summed E-state index contributed by atoms with van der Waals surface area (Å²) in [5, 5.41) is 2.86. The Morgan fingerprint density at radius 1 is 1.07 bits per heavy atom. The van der Waals surface area contributed by atoms with Crippen molar-refractivity contribution in [3.8, 4) is 0 Å². The maximum Gasteiger partial charge on any atom is 0.257 e. The third kappa shape index (κ3) is 4.67. The van der Waals surface area contributed by atoms with Crippen molar-refractivity contribution in [1.82, 2.24) is 9.88 Å². The largest absolute Gasteiger partial charge is 0.378 e. The maximum absolute atomic E-state index is 12.6. The van der Waals surface area contributed by atoms with Crippen LogP contribution in [0.15, 0.2) is 42.7 Å². The molecule has 0 spiro atoms. The van der Waals surface area contributed by atoms with Crippen molar-refractivity contribution in [1.29, 1.82) is 0 Å². The van der Waals surface area contributed by atoms with Gasteiger partial charge in [-0.1, -0.05) is 0 Å². The summed E-state index contributed by atoms with van der Waals surface area (Å²) in [5.74, 6) is -0.422. The average molecular weight is 382 g/mol. The second-order valence-corrected chi connectivity index (χ2v) is 6.54. The van der Waals surface area contributed by atoms with Crippen LogP contribution in [0, 0.1) is 0 Å². The first-order chi connectivity index (χ1) is 13.6. The predicted octanol–water partition coefficient (Wildman–Crippen LogP) is 2.65. The number of pyridine rings is 1. The normalized spacial score (nSPS) is 13.9. The van der Waals surface area contributed by atoms with E-state index in [-0.39, 0.29) is 11.8 Å². The first-order valence-electron chi connectivity index (χ1n) is 9.60. The molecule has 1 aliphatic heterocycles. The number of morpholine rings is 1. The molecule has 1 saturated heterocycles. The van der Waals surface area contributed by atoms with Crippen molar-refractivity contribution in [2.24, 2.45) is 0 Å². The van der Waals surface area contributed by atoms with Crippen LogP contribution in [0.1, 0.15) is 34.6 Å². The van der Waals surface area contributed by atoms with Crippen LogP contribution in [0.2, 0.25) is 0 Å².